The average molecular weight is 254 g/mol. The van der Waals surface area contributed by atoms with E-state index in [1.165, 1.54) is 0 Å². The molecule has 0 fully saturated rings. The molecule has 0 saturated heterocycles. The minimum Gasteiger partial charge on any atom is -0.373 e. The van der Waals surface area contributed by atoms with E-state index in [-0.39, 0.29) is 0 Å². The second-order valence-electron chi connectivity index (χ2n) is 3.99. The number of hydrogen-bond acceptors (Lipinski definition) is 5. The van der Waals surface area contributed by atoms with Gasteiger partial charge in [-0.05, 0) is 19.1 Å². The maximum Gasteiger partial charge on any atom is 0.131 e. The molecule has 1 aromatic rings. The highest BCUT2D eigenvalue weighted by molar-refractivity contribution is 8.00. The lowest BCUT2D eigenvalue weighted by molar-refractivity contribution is 0.574. The lowest BCUT2D eigenvalue weighted by atomic mass is 10.0. The molecule has 0 amide bonds. The van der Waals surface area contributed by atoms with Crippen LogP contribution in [0.15, 0.2) is 12.4 Å². The molecule has 0 aliphatic rings. The Kier molecular flexibility index (Phi) is 5.55. The number of aromatic nitrogens is 2. The summed E-state index contributed by atoms with van der Waals surface area (Å²) < 4.78 is 0.296. The first kappa shape index (κ1) is 14.1. The van der Waals surface area contributed by atoms with Gasteiger partial charge in [0, 0.05) is 24.4 Å². The Hall–Kier alpha value is -0.970. The van der Waals surface area contributed by atoms with Gasteiger partial charge in [0.15, 0.2) is 0 Å². The number of nitrogens with one attached hydrogen (secondary N) is 2. The van der Waals surface area contributed by atoms with Gasteiger partial charge in [-0.15, -0.1) is 0 Å². The third-order valence-electron chi connectivity index (χ3n) is 3.24. The van der Waals surface area contributed by atoms with Crippen LogP contribution in [0.3, 0.4) is 0 Å². The zero-order valence-electron chi connectivity index (χ0n) is 11.1. The maximum absolute atomic E-state index is 4.22. The molecule has 0 bridgehead atoms. The van der Waals surface area contributed by atoms with E-state index in [1.807, 2.05) is 24.9 Å². The van der Waals surface area contributed by atoms with Crippen LogP contribution in [0.2, 0.25) is 0 Å². The number of nitrogens with zero attached hydrogens (tertiary/aromatic N) is 2. The minimum atomic E-state index is 0.296. The normalized spacial score (nSPS) is 11.3. The first-order valence-corrected chi connectivity index (χ1v) is 7.21. The van der Waals surface area contributed by atoms with Crippen LogP contribution in [0.25, 0.3) is 0 Å². The van der Waals surface area contributed by atoms with E-state index in [4.69, 9.17) is 0 Å². The fourth-order valence-corrected chi connectivity index (χ4v) is 2.50. The Morgan fingerprint density at radius 2 is 1.88 bits per heavy atom. The van der Waals surface area contributed by atoms with Crippen molar-refractivity contribution in [3.05, 3.63) is 12.4 Å². The molecule has 1 aromatic heterocycles. The summed E-state index contributed by atoms with van der Waals surface area (Å²) in [4.78, 5) is 8.32. The van der Waals surface area contributed by atoms with Crippen molar-refractivity contribution in [2.24, 2.45) is 0 Å². The van der Waals surface area contributed by atoms with Crippen LogP contribution >= 0.6 is 11.8 Å². The molecule has 1 heterocycles. The van der Waals surface area contributed by atoms with Gasteiger partial charge in [0.2, 0.25) is 0 Å². The average Bonchev–Trinajstić information content (AvgIpc) is 2.41. The molecule has 0 radical (unpaired) electrons. The van der Waals surface area contributed by atoms with Crippen LogP contribution in [0.4, 0.5) is 11.6 Å². The summed E-state index contributed by atoms with van der Waals surface area (Å²) in [5.74, 6) is 1.72. The highest BCUT2D eigenvalue weighted by atomic mass is 32.2. The van der Waals surface area contributed by atoms with E-state index in [0.29, 0.717) is 4.75 Å². The predicted molar refractivity (Wildman–Crippen MR) is 76.9 cm³/mol. The number of anilines is 2. The van der Waals surface area contributed by atoms with E-state index in [1.54, 1.807) is 6.33 Å². The molecule has 1 rings (SSSR count). The monoisotopic (exact) mass is 254 g/mol. The van der Waals surface area contributed by atoms with Crippen LogP contribution < -0.4 is 10.6 Å². The van der Waals surface area contributed by atoms with Crippen LogP contribution in [0.5, 0.6) is 0 Å². The Morgan fingerprint density at radius 1 is 1.24 bits per heavy atom. The highest BCUT2D eigenvalue weighted by Gasteiger charge is 2.24. The van der Waals surface area contributed by atoms with Gasteiger partial charge in [0.05, 0.1) is 0 Å². The van der Waals surface area contributed by atoms with Gasteiger partial charge in [-0.25, -0.2) is 9.97 Å². The fraction of sp³-hybridized carbons (Fsp3) is 0.667. The van der Waals surface area contributed by atoms with Crippen LogP contribution in [0, 0.1) is 0 Å². The number of thioether (sulfide) groups is 1. The molecule has 17 heavy (non-hydrogen) atoms. The molecule has 0 atom stereocenters. The summed E-state index contributed by atoms with van der Waals surface area (Å²) in [6.07, 6.45) is 6.06. The zero-order valence-corrected chi connectivity index (χ0v) is 11.9. The number of rotatable bonds is 7. The molecule has 5 heteroatoms. The maximum atomic E-state index is 4.22. The molecule has 0 aliphatic heterocycles. The molecule has 0 spiro atoms. The van der Waals surface area contributed by atoms with Crippen molar-refractivity contribution in [2.45, 2.75) is 31.4 Å². The summed E-state index contributed by atoms with van der Waals surface area (Å²) in [6, 6.07) is 1.93. The molecule has 0 unspecified atom stereocenters. The summed E-state index contributed by atoms with van der Waals surface area (Å²) in [6.45, 7) is 5.41. The second kappa shape index (κ2) is 6.69. The molecule has 0 aromatic carbocycles. The first-order chi connectivity index (χ1) is 8.19. The Labute approximate surface area is 108 Å². The lowest BCUT2D eigenvalue weighted by Crippen LogP contribution is -2.32. The third-order valence-corrected chi connectivity index (χ3v) is 4.82. The smallest absolute Gasteiger partial charge is 0.131 e. The van der Waals surface area contributed by atoms with Gasteiger partial charge < -0.3 is 10.6 Å². The Bertz CT molecular complexity index is 331. The van der Waals surface area contributed by atoms with Gasteiger partial charge in [0.25, 0.3) is 0 Å². The number of hydrogen-bond donors (Lipinski definition) is 2. The van der Waals surface area contributed by atoms with E-state index >= 15 is 0 Å². The lowest BCUT2D eigenvalue weighted by Gasteiger charge is -2.30. The van der Waals surface area contributed by atoms with Gasteiger partial charge in [-0.2, -0.15) is 11.8 Å². The molecule has 0 saturated carbocycles. The van der Waals surface area contributed by atoms with Crippen molar-refractivity contribution >= 4 is 23.4 Å². The summed E-state index contributed by atoms with van der Waals surface area (Å²) in [5.41, 5.74) is 0. The summed E-state index contributed by atoms with van der Waals surface area (Å²) in [5, 5.41) is 6.41. The van der Waals surface area contributed by atoms with E-state index < -0.39 is 0 Å². The van der Waals surface area contributed by atoms with E-state index in [9.17, 15) is 0 Å². The van der Waals surface area contributed by atoms with E-state index in [0.717, 1.165) is 31.0 Å². The van der Waals surface area contributed by atoms with Gasteiger partial charge in [0.1, 0.15) is 18.0 Å². The summed E-state index contributed by atoms with van der Waals surface area (Å²) >= 11 is 1.93. The van der Waals surface area contributed by atoms with Crippen molar-refractivity contribution < 1.29 is 0 Å². The van der Waals surface area contributed by atoms with Crippen LogP contribution in [-0.4, -0.2) is 34.6 Å². The van der Waals surface area contributed by atoms with Crippen LogP contribution in [0.1, 0.15) is 26.7 Å². The Morgan fingerprint density at radius 3 is 2.41 bits per heavy atom. The quantitative estimate of drug-likeness (QED) is 0.783. The van der Waals surface area contributed by atoms with Crippen molar-refractivity contribution in [3.8, 4) is 0 Å². The first-order valence-electron chi connectivity index (χ1n) is 5.98. The fourth-order valence-electron chi connectivity index (χ4n) is 1.70. The highest BCUT2D eigenvalue weighted by Crippen LogP contribution is 2.30. The van der Waals surface area contributed by atoms with Crippen molar-refractivity contribution in [1.29, 1.82) is 0 Å². The van der Waals surface area contributed by atoms with Crippen molar-refractivity contribution in [3.63, 3.8) is 0 Å². The zero-order chi connectivity index (χ0) is 12.7. The molecular weight excluding hydrogens is 232 g/mol. The predicted octanol–water partition coefficient (Wildman–Crippen LogP) is 2.85. The van der Waals surface area contributed by atoms with Gasteiger partial charge in [-0.3, -0.25) is 0 Å². The van der Waals surface area contributed by atoms with Gasteiger partial charge >= 0.3 is 0 Å². The molecule has 96 valence electrons. The molecule has 4 nitrogen and oxygen atoms in total. The third kappa shape index (κ3) is 3.77. The molecular formula is C12H22N4S. The van der Waals surface area contributed by atoms with Gasteiger partial charge in [-0.1, -0.05) is 13.8 Å². The molecule has 0 aliphatic carbocycles. The Balaban J connectivity index is 2.65. The van der Waals surface area contributed by atoms with Crippen molar-refractivity contribution in [2.75, 3.05) is 30.5 Å². The standard InChI is InChI=1S/C12H22N4S/c1-5-12(6-2,17-4)8-14-11-7-10(13-3)15-9-16-11/h7,9H,5-6,8H2,1-4H3,(H2,13,14,15,16). The topological polar surface area (TPSA) is 49.8 Å². The minimum absolute atomic E-state index is 0.296. The largest absolute Gasteiger partial charge is 0.373 e. The van der Waals surface area contributed by atoms with E-state index in [2.05, 4.69) is 40.7 Å². The second-order valence-corrected chi connectivity index (χ2v) is 5.26. The molecule has 2 N–H and O–H groups in total. The summed E-state index contributed by atoms with van der Waals surface area (Å²) in [7, 11) is 1.86. The SMILES string of the molecule is CCC(CC)(CNc1cc(NC)ncn1)SC. The van der Waals surface area contributed by atoms with Crippen LogP contribution in [-0.2, 0) is 0 Å². The van der Waals surface area contributed by atoms with Crippen molar-refractivity contribution in [1.82, 2.24) is 9.97 Å².